The fraction of sp³-hybridized carbons (Fsp3) is 0.567. The number of unbranched alkanes of at least 4 members (excludes halogenated alkanes) is 3. The number of anilines is 1. The van der Waals surface area contributed by atoms with Crippen LogP contribution in [-0.4, -0.2) is 78.4 Å². The molecule has 0 aliphatic carbocycles. The minimum atomic E-state index is -1.30. The van der Waals surface area contributed by atoms with Crippen molar-refractivity contribution >= 4 is 23.5 Å². The molecule has 2 fully saturated rings. The average Bonchev–Trinajstić information content (AvgIpc) is 3.27. The minimum Gasteiger partial charge on any atom is -0.497 e. The van der Waals surface area contributed by atoms with Crippen LogP contribution in [0.25, 0.3) is 0 Å². The fourth-order valence-corrected chi connectivity index (χ4v) is 6.62. The Morgan fingerprint density at radius 2 is 1.77 bits per heavy atom. The van der Waals surface area contributed by atoms with Crippen LogP contribution in [0.2, 0.25) is 0 Å². The van der Waals surface area contributed by atoms with E-state index in [1.54, 1.807) is 29.0 Å². The topological polar surface area (TPSA) is 106 Å². The molecule has 0 radical (unpaired) electrons. The molecule has 5 rings (SSSR count). The number of esters is 1. The molecule has 4 heterocycles. The maximum Gasteiger partial charge on any atom is 0.313 e. The molecule has 0 bridgehead atoms. The van der Waals surface area contributed by atoms with Crippen LogP contribution in [0.4, 0.5) is 5.69 Å². The number of carbonyl (C=O) groups excluding carboxylic acids is 3. The Morgan fingerprint density at radius 1 is 1.00 bits per heavy atom. The lowest BCUT2D eigenvalue weighted by Crippen LogP contribution is -2.56. The zero-order valence-corrected chi connectivity index (χ0v) is 22.7. The third kappa shape index (κ3) is 4.76. The van der Waals surface area contributed by atoms with Crippen molar-refractivity contribution in [2.24, 2.45) is 11.8 Å². The van der Waals surface area contributed by atoms with Crippen LogP contribution in [-0.2, 0) is 23.9 Å². The number of allylic oxidation sites excluding steroid dienone is 1. The van der Waals surface area contributed by atoms with Gasteiger partial charge in [-0.2, -0.15) is 0 Å². The number of hydrogen-bond donors (Lipinski definition) is 1. The highest BCUT2D eigenvalue weighted by Gasteiger charge is 2.74. The zero-order valence-electron chi connectivity index (χ0n) is 22.7. The molecule has 1 spiro atoms. The molecule has 5 atom stereocenters. The Bertz CT molecular complexity index is 1150. The molecule has 210 valence electrons. The van der Waals surface area contributed by atoms with E-state index in [4.69, 9.17) is 19.3 Å². The lowest BCUT2D eigenvalue weighted by molar-refractivity contribution is -0.158. The monoisotopic (exact) mass is 538 g/mol. The summed E-state index contributed by atoms with van der Waals surface area (Å²) in [6.45, 7) is 2.89. The summed E-state index contributed by atoms with van der Waals surface area (Å²) in [6.07, 6.45) is 12.0. The molecule has 0 aromatic heterocycles. The molecular formula is C30H38N2O7. The summed E-state index contributed by atoms with van der Waals surface area (Å²) in [7, 11) is 1.59. The van der Waals surface area contributed by atoms with Crippen LogP contribution >= 0.6 is 0 Å². The summed E-state index contributed by atoms with van der Waals surface area (Å²) in [5, 5.41) is 9.14. The summed E-state index contributed by atoms with van der Waals surface area (Å²) in [6, 6.07) is 6.32. The third-order valence-corrected chi connectivity index (χ3v) is 8.44. The molecule has 39 heavy (non-hydrogen) atoms. The molecule has 4 aliphatic rings. The van der Waals surface area contributed by atoms with Crippen LogP contribution in [0.5, 0.6) is 5.75 Å². The normalized spacial score (nSPS) is 32.9. The highest BCUT2D eigenvalue weighted by molar-refractivity contribution is 6.05. The van der Waals surface area contributed by atoms with Gasteiger partial charge < -0.3 is 29.1 Å². The molecule has 2 amide bonds. The number of ether oxygens (including phenoxy) is 3. The number of aliphatic hydroxyl groups excluding tert-OH is 1. The van der Waals surface area contributed by atoms with Crippen LogP contribution in [0.3, 0.4) is 0 Å². The van der Waals surface area contributed by atoms with E-state index >= 15 is 0 Å². The van der Waals surface area contributed by atoms with Gasteiger partial charge >= 0.3 is 5.97 Å². The highest BCUT2D eigenvalue weighted by Crippen LogP contribution is 2.57. The number of nitrogens with zero attached hydrogens (tertiary/aromatic N) is 2. The average molecular weight is 539 g/mol. The first-order valence-electron chi connectivity index (χ1n) is 14.0. The molecule has 1 N–H and O–H groups in total. The van der Waals surface area contributed by atoms with Crippen molar-refractivity contribution in [1.82, 2.24) is 4.90 Å². The number of aliphatic hydroxyl groups is 1. The van der Waals surface area contributed by atoms with E-state index < -0.39 is 35.0 Å². The van der Waals surface area contributed by atoms with Gasteiger partial charge in [0.25, 0.3) is 5.91 Å². The predicted molar refractivity (Wildman–Crippen MR) is 144 cm³/mol. The van der Waals surface area contributed by atoms with Gasteiger partial charge in [0.15, 0.2) is 0 Å². The van der Waals surface area contributed by atoms with E-state index in [1.807, 2.05) is 43.4 Å². The van der Waals surface area contributed by atoms with Crippen LogP contribution in [0.15, 0.2) is 48.6 Å². The fourth-order valence-electron chi connectivity index (χ4n) is 6.62. The Hall–Kier alpha value is -3.17. The number of methoxy groups -OCH3 is 1. The second-order valence-electron chi connectivity index (χ2n) is 10.9. The van der Waals surface area contributed by atoms with Crippen molar-refractivity contribution in [3.05, 3.63) is 48.6 Å². The van der Waals surface area contributed by atoms with E-state index in [2.05, 4.69) is 0 Å². The molecule has 9 nitrogen and oxygen atoms in total. The number of fused-ring (bicyclic) bond motifs is 2. The van der Waals surface area contributed by atoms with Crippen LogP contribution < -0.4 is 9.64 Å². The zero-order chi connectivity index (χ0) is 27.6. The predicted octanol–water partition coefficient (Wildman–Crippen LogP) is 3.01. The number of hydrogen-bond acceptors (Lipinski definition) is 7. The molecule has 1 aromatic rings. The SMILES string of the molecule is COc1ccc(N2CC=C[C@]34O[C@]5(C)/C=C\CCCOC(=O)[C@@H]5[C@H]3C(=O)N(CCCCCCO)C4C2=O)cc1. The van der Waals surface area contributed by atoms with Gasteiger partial charge in [0.2, 0.25) is 5.91 Å². The molecule has 1 unspecified atom stereocenters. The van der Waals surface area contributed by atoms with Gasteiger partial charge in [-0.05, 0) is 56.9 Å². The second-order valence-corrected chi connectivity index (χ2v) is 10.9. The van der Waals surface area contributed by atoms with E-state index in [0.29, 0.717) is 43.8 Å². The standard InChI is InChI=1S/C30H38N2O7/c1-29-15-6-5-9-20-38-28(36)24(29)23-26(34)32(17-7-3-4-8-19-33)25-27(35)31(18-10-16-30(23,25)39-29)21-11-13-22(37-2)14-12-21/h6,10-16,23-25,33H,3-5,7-9,17-20H2,1-2H3/b15-6-/t23-,24-,25?,29+,30-/m0/s1. The van der Waals surface area contributed by atoms with Crippen molar-refractivity contribution in [3.63, 3.8) is 0 Å². The Morgan fingerprint density at radius 3 is 2.51 bits per heavy atom. The first-order valence-corrected chi connectivity index (χ1v) is 14.0. The number of amides is 2. The first kappa shape index (κ1) is 27.4. The van der Waals surface area contributed by atoms with Gasteiger partial charge in [-0.15, -0.1) is 0 Å². The summed E-state index contributed by atoms with van der Waals surface area (Å²) >= 11 is 0. The molecule has 0 saturated carbocycles. The van der Waals surface area contributed by atoms with Crippen LogP contribution in [0.1, 0.15) is 45.4 Å². The maximum atomic E-state index is 14.4. The van der Waals surface area contributed by atoms with E-state index in [0.717, 1.165) is 19.3 Å². The van der Waals surface area contributed by atoms with Crippen molar-refractivity contribution in [1.29, 1.82) is 0 Å². The van der Waals surface area contributed by atoms with Gasteiger partial charge in [0.05, 0.1) is 25.2 Å². The van der Waals surface area contributed by atoms with Crippen molar-refractivity contribution < 1.29 is 33.7 Å². The number of carbonyl (C=O) groups is 3. The van der Waals surface area contributed by atoms with E-state index in [1.165, 1.54) is 0 Å². The Kier molecular flexibility index (Phi) is 7.82. The quantitative estimate of drug-likeness (QED) is 0.308. The summed E-state index contributed by atoms with van der Waals surface area (Å²) in [4.78, 5) is 45.4. The number of rotatable bonds is 8. The number of cyclic esters (lactones) is 1. The van der Waals surface area contributed by atoms with Gasteiger partial charge in [-0.3, -0.25) is 14.4 Å². The smallest absolute Gasteiger partial charge is 0.313 e. The molecule has 2 saturated heterocycles. The third-order valence-electron chi connectivity index (χ3n) is 8.44. The molecule has 9 heteroatoms. The van der Waals surface area contributed by atoms with E-state index in [9.17, 15) is 14.4 Å². The van der Waals surface area contributed by atoms with E-state index in [-0.39, 0.29) is 25.0 Å². The largest absolute Gasteiger partial charge is 0.497 e. The molecule has 4 aliphatic heterocycles. The summed E-state index contributed by atoms with van der Waals surface area (Å²) in [5.41, 5.74) is -1.71. The molecular weight excluding hydrogens is 500 g/mol. The summed E-state index contributed by atoms with van der Waals surface area (Å²) < 4.78 is 17.7. The number of likely N-dealkylation sites (tertiary alicyclic amines) is 1. The van der Waals surface area contributed by atoms with Crippen molar-refractivity contribution in [3.8, 4) is 5.75 Å². The Labute approximate surface area is 229 Å². The highest BCUT2D eigenvalue weighted by atomic mass is 16.6. The van der Waals surface area contributed by atoms with Crippen molar-refractivity contribution in [2.45, 2.75) is 62.7 Å². The summed E-state index contributed by atoms with van der Waals surface area (Å²) in [5.74, 6) is -2.03. The van der Waals surface area contributed by atoms with Gasteiger partial charge in [0.1, 0.15) is 23.3 Å². The molecule has 1 aromatic carbocycles. The lowest BCUT2D eigenvalue weighted by Gasteiger charge is -2.37. The van der Waals surface area contributed by atoms with Gasteiger partial charge in [0, 0.05) is 25.4 Å². The Balaban J connectivity index is 1.55. The lowest BCUT2D eigenvalue weighted by atomic mass is 9.74. The second kappa shape index (κ2) is 11.1. The van der Waals surface area contributed by atoms with Gasteiger partial charge in [-0.25, -0.2) is 0 Å². The van der Waals surface area contributed by atoms with Crippen molar-refractivity contribution in [2.75, 3.05) is 38.3 Å². The number of benzene rings is 1. The van der Waals surface area contributed by atoms with Crippen LogP contribution in [0, 0.1) is 11.8 Å². The maximum absolute atomic E-state index is 14.4. The minimum absolute atomic E-state index is 0.125. The first-order chi connectivity index (χ1) is 18.9. The van der Waals surface area contributed by atoms with Gasteiger partial charge in [-0.1, -0.05) is 37.1 Å².